The van der Waals surface area contributed by atoms with Crippen molar-refractivity contribution in [3.63, 3.8) is 0 Å². The molecule has 0 bridgehead atoms. The smallest absolute Gasteiger partial charge is 0.462 e. The Hall–Kier alpha value is -1.94. The molecule has 0 saturated carbocycles. The van der Waals surface area contributed by atoms with Gasteiger partial charge in [0.15, 0.2) is 12.2 Å². The van der Waals surface area contributed by atoms with Crippen LogP contribution in [0.3, 0.4) is 0 Å². The van der Waals surface area contributed by atoms with Gasteiger partial charge in [-0.05, 0) is 43.4 Å². The van der Waals surface area contributed by atoms with E-state index in [4.69, 9.17) is 37.0 Å². The topological polar surface area (TPSA) is 237 Å². The molecule has 0 aliphatic heterocycles. The zero-order valence-electron chi connectivity index (χ0n) is 68.5. The fourth-order valence-corrected chi connectivity index (χ4v) is 14.8. The van der Waals surface area contributed by atoms with Crippen molar-refractivity contribution in [1.29, 1.82) is 0 Å². The first-order chi connectivity index (χ1) is 50.2. The van der Waals surface area contributed by atoms with E-state index >= 15 is 0 Å². The van der Waals surface area contributed by atoms with E-state index in [-0.39, 0.29) is 25.7 Å². The molecule has 2 unspecified atom stereocenters. The average molecular weight is 1520 g/mol. The molecule has 618 valence electrons. The number of unbranched alkanes of at least 4 members (excludes halogenated alkanes) is 51. The van der Waals surface area contributed by atoms with Crippen LogP contribution in [0.1, 0.15) is 447 Å². The van der Waals surface area contributed by atoms with Crippen LogP contribution in [0.25, 0.3) is 0 Å². The van der Waals surface area contributed by atoms with Crippen molar-refractivity contribution in [3.8, 4) is 0 Å². The van der Waals surface area contributed by atoms with Crippen LogP contribution in [0.2, 0.25) is 0 Å². The highest BCUT2D eigenvalue weighted by molar-refractivity contribution is 7.47. The van der Waals surface area contributed by atoms with Gasteiger partial charge in [-0.1, -0.05) is 395 Å². The SMILES string of the molecule is CCCCCCCCCCCCCCCCCCCC(=O)O[C@H](COC(=O)CCCCCCCCCC(C)C)COP(=O)(O)OC[C@H](O)COP(=O)(O)OC[C@@H](COC(=O)CCCCCCCCCCCCCCCCCC(C)C)OC(=O)CCCCCCCCCCCCCCCCCCC(C)C. The molecular formula is C85H166O17P2. The third kappa shape index (κ3) is 78.2. The third-order valence-corrected chi connectivity index (χ3v) is 21.8. The summed E-state index contributed by atoms with van der Waals surface area (Å²) in [6, 6.07) is 0. The summed E-state index contributed by atoms with van der Waals surface area (Å²) < 4.78 is 68.9. The van der Waals surface area contributed by atoms with E-state index in [0.717, 1.165) is 108 Å². The van der Waals surface area contributed by atoms with Crippen LogP contribution >= 0.6 is 15.6 Å². The Morgan fingerprint density at radius 2 is 0.442 bits per heavy atom. The molecule has 0 saturated heterocycles. The number of rotatable bonds is 83. The molecule has 104 heavy (non-hydrogen) atoms. The van der Waals surface area contributed by atoms with Crippen LogP contribution in [0.5, 0.6) is 0 Å². The zero-order valence-corrected chi connectivity index (χ0v) is 70.3. The van der Waals surface area contributed by atoms with Crippen LogP contribution < -0.4 is 0 Å². The van der Waals surface area contributed by atoms with Gasteiger partial charge in [-0.25, -0.2) is 9.13 Å². The van der Waals surface area contributed by atoms with E-state index in [9.17, 15) is 43.2 Å². The van der Waals surface area contributed by atoms with Gasteiger partial charge in [0.25, 0.3) is 0 Å². The molecule has 3 N–H and O–H groups in total. The van der Waals surface area contributed by atoms with Crippen molar-refractivity contribution in [2.75, 3.05) is 39.6 Å². The second-order valence-corrected chi connectivity index (χ2v) is 34.9. The summed E-state index contributed by atoms with van der Waals surface area (Å²) in [7, 11) is -9.93. The molecule has 0 aliphatic rings. The maximum absolute atomic E-state index is 13.1. The predicted molar refractivity (Wildman–Crippen MR) is 428 cm³/mol. The molecule has 0 radical (unpaired) electrons. The van der Waals surface area contributed by atoms with E-state index in [0.29, 0.717) is 31.6 Å². The lowest BCUT2D eigenvalue weighted by molar-refractivity contribution is -0.161. The number of phosphoric acid groups is 2. The number of phosphoric ester groups is 2. The van der Waals surface area contributed by atoms with Gasteiger partial charge in [-0.15, -0.1) is 0 Å². The van der Waals surface area contributed by atoms with Crippen LogP contribution in [-0.2, 0) is 65.4 Å². The number of aliphatic hydroxyl groups is 1. The van der Waals surface area contributed by atoms with Crippen LogP contribution in [0.15, 0.2) is 0 Å². The zero-order chi connectivity index (χ0) is 76.5. The summed E-state index contributed by atoms with van der Waals surface area (Å²) in [6.45, 7) is 12.0. The molecule has 0 heterocycles. The normalized spacial score (nSPS) is 13.9. The molecule has 0 aromatic carbocycles. The predicted octanol–water partition coefficient (Wildman–Crippen LogP) is 25.7. The molecule has 0 rings (SSSR count). The summed E-state index contributed by atoms with van der Waals surface area (Å²) in [4.78, 5) is 73.2. The van der Waals surface area contributed by atoms with Gasteiger partial charge in [-0.2, -0.15) is 0 Å². The summed E-state index contributed by atoms with van der Waals surface area (Å²) in [5.74, 6) is 0.215. The number of hydrogen-bond donors (Lipinski definition) is 3. The van der Waals surface area contributed by atoms with Gasteiger partial charge in [-0.3, -0.25) is 37.3 Å². The first-order valence-electron chi connectivity index (χ1n) is 43.8. The van der Waals surface area contributed by atoms with Crippen LogP contribution in [-0.4, -0.2) is 96.7 Å². The molecule has 5 atom stereocenters. The molecule has 0 fully saturated rings. The minimum absolute atomic E-state index is 0.108. The average Bonchev–Trinajstić information content (AvgIpc) is 1.12. The molecule has 19 heteroatoms. The second-order valence-electron chi connectivity index (χ2n) is 32.0. The molecule has 0 spiro atoms. The number of aliphatic hydroxyl groups excluding tert-OH is 1. The van der Waals surface area contributed by atoms with Gasteiger partial charge >= 0.3 is 39.5 Å². The Morgan fingerprint density at radius 1 is 0.260 bits per heavy atom. The van der Waals surface area contributed by atoms with Crippen molar-refractivity contribution in [2.24, 2.45) is 17.8 Å². The van der Waals surface area contributed by atoms with Gasteiger partial charge in [0.1, 0.15) is 19.3 Å². The van der Waals surface area contributed by atoms with Gasteiger partial charge in [0.2, 0.25) is 0 Å². The Kier molecular flexibility index (Phi) is 73.7. The Bertz CT molecular complexity index is 2010. The van der Waals surface area contributed by atoms with Crippen LogP contribution in [0.4, 0.5) is 0 Å². The number of hydrogen-bond acceptors (Lipinski definition) is 15. The van der Waals surface area contributed by atoms with Crippen LogP contribution in [0, 0.1) is 17.8 Å². The third-order valence-electron chi connectivity index (χ3n) is 19.9. The Labute approximate surface area is 638 Å². The first kappa shape index (κ1) is 102. The summed E-state index contributed by atoms with van der Waals surface area (Å²) in [5, 5.41) is 10.7. The highest BCUT2D eigenvalue weighted by atomic mass is 31.2. The maximum Gasteiger partial charge on any atom is 0.472 e. The summed E-state index contributed by atoms with van der Waals surface area (Å²) in [5.41, 5.74) is 0. The monoisotopic (exact) mass is 1520 g/mol. The van der Waals surface area contributed by atoms with Gasteiger partial charge in [0.05, 0.1) is 26.4 Å². The number of ether oxygens (including phenoxy) is 4. The largest absolute Gasteiger partial charge is 0.472 e. The number of esters is 4. The summed E-state index contributed by atoms with van der Waals surface area (Å²) in [6.07, 6.45) is 65.3. The fraction of sp³-hybridized carbons (Fsp3) is 0.953. The second kappa shape index (κ2) is 75.1. The van der Waals surface area contributed by atoms with Gasteiger partial charge in [0, 0.05) is 25.7 Å². The highest BCUT2D eigenvalue weighted by Gasteiger charge is 2.30. The molecule has 17 nitrogen and oxygen atoms in total. The molecule has 0 aromatic heterocycles. The van der Waals surface area contributed by atoms with Crippen molar-refractivity contribution < 1.29 is 80.2 Å². The van der Waals surface area contributed by atoms with Crippen molar-refractivity contribution in [3.05, 3.63) is 0 Å². The molecular weight excluding hydrogens is 1350 g/mol. The lowest BCUT2D eigenvalue weighted by Gasteiger charge is -2.21. The lowest BCUT2D eigenvalue weighted by atomic mass is 10.0. The van der Waals surface area contributed by atoms with E-state index < -0.39 is 97.5 Å². The minimum Gasteiger partial charge on any atom is -0.462 e. The summed E-state index contributed by atoms with van der Waals surface area (Å²) >= 11 is 0. The minimum atomic E-state index is -4.97. The first-order valence-corrected chi connectivity index (χ1v) is 46.8. The van der Waals surface area contributed by atoms with E-state index in [1.54, 1.807) is 0 Å². The van der Waals surface area contributed by atoms with Gasteiger partial charge < -0.3 is 33.8 Å². The number of carbonyl (C=O) groups excluding carboxylic acids is 4. The maximum atomic E-state index is 13.1. The Morgan fingerprint density at radius 3 is 0.654 bits per heavy atom. The number of carbonyl (C=O) groups is 4. The fourth-order valence-electron chi connectivity index (χ4n) is 13.2. The van der Waals surface area contributed by atoms with Crippen molar-refractivity contribution in [1.82, 2.24) is 0 Å². The van der Waals surface area contributed by atoms with E-state index in [1.165, 1.54) is 250 Å². The van der Waals surface area contributed by atoms with E-state index in [2.05, 4.69) is 48.5 Å². The molecule has 0 aliphatic carbocycles. The van der Waals surface area contributed by atoms with Crippen molar-refractivity contribution in [2.45, 2.75) is 465 Å². The Balaban J connectivity index is 5.24. The van der Waals surface area contributed by atoms with E-state index in [1.807, 2.05) is 0 Å². The molecule has 0 amide bonds. The standard InChI is InChI=1S/C85H166O17P2/c1-8-9-10-11-12-13-14-15-16-17-23-29-34-39-46-54-61-69-85(90)102-81(73-96-83(88)67-60-53-48-41-44-51-58-65-78(6)7)75-100-104(93,94)98-71-79(86)70-97-103(91,92)99-74-80(72-95-82(87)66-59-52-45-38-33-28-25-20-22-27-32-37-43-50-57-64-77(4)5)101-84(89)68-62-55-47-40-35-30-24-19-18-21-26-31-36-42-49-56-63-76(2)3/h76-81,86H,8-75H2,1-7H3,(H,91,92)(H,93,94)/t79-,80-,81-/m1/s1. The highest BCUT2D eigenvalue weighted by Crippen LogP contribution is 2.45. The molecule has 0 aromatic rings. The quantitative estimate of drug-likeness (QED) is 0.0222. The van der Waals surface area contributed by atoms with Crippen molar-refractivity contribution >= 4 is 39.5 Å². The lowest BCUT2D eigenvalue weighted by Crippen LogP contribution is -2.30.